The van der Waals surface area contributed by atoms with Gasteiger partial charge in [0.1, 0.15) is 0 Å². The number of pyridine rings is 1. The zero-order valence-electron chi connectivity index (χ0n) is 10.3. The monoisotopic (exact) mass is 218 g/mol. The van der Waals surface area contributed by atoms with Gasteiger partial charge in [0.2, 0.25) is 0 Å². The SMILES string of the molecule is CC1CCCC(NCc2ccccn2)C1C. The zero-order valence-corrected chi connectivity index (χ0v) is 10.3. The highest BCUT2D eigenvalue weighted by atomic mass is 14.9. The molecule has 0 amide bonds. The number of hydrogen-bond donors (Lipinski definition) is 1. The summed E-state index contributed by atoms with van der Waals surface area (Å²) in [6.45, 7) is 5.65. The maximum Gasteiger partial charge on any atom is 0.0541 e. The van der Waals surface area contributed by atoms with Crippen LogP contribution in [0.5, 0.6) is 0 Å². The lowest BCUT2D eigenvalue weighted by Gasteiger charge is -2.34. The van der Waals surface area contributed by atoms with Crippen LogP contribution in [0.1, 0.15) is 38.8 Å². The van der Waals surface area contributed by atoms with Gasteiger partial charge in [0, 0.05) is 18.8 Å². The number of nitrogens with one attached hydrogen (secondary N) is 1. The van der Waals surface area contributed by atoms with Gasteiger partial charge in [-0.2, -0.15) is 0 Å². The molecule has 88 valence electrons. The van der Waals surface area contributed by atoms with Crippen LogP contribution in [0.4, 0.5) is 0 Å². The molecule has 1 heterocycles. The molecule has 3 atom stereocenters. The quantitative estimate of drug-likeness (QED) is 0.843. The molecule has 16 heavy (non-hydrogen) atoms. The third kappa shape index (κ3) is 2.82. The lowest BCUT2D eigenvalue weighted by atomic mass is 9.78. The molecule has 1 aliphatic carbocycles. The largest absolute Gasteiger partial charge is 0.308 e. The van der Waals surface area contributed by atoms with Gasteiger partial charge in [-0.05, 0) is 30.4 Å². The average molecular weight is 218 g/mol. The Morgan fingerprint density at radius 1 is 1.31 bits per heavy atom. The molecule has 0 radical (unpaired) electrons. The van der Waals surface area contributed by atoms with Gasteiger partial charge in [0.25, 0.3) is 0 Å². The van der Waals surface area contributed by atoms with E-state index < -0.39 is 0 Å². The zero-order chi connectivity index (χ0) is 11.4. The van der Waals surface area contributed by atoms with E-state index in [1.165, 1.54) is 19.3 Å². The summed E-state index contributed by atoms with van der Waals surface area (Å²) in [6, 6.07) is 6.78. The second-order valence-electron chi connectivity index (χ2n) is 5.08. The van der Waals surface area contributed by atoms with Crippen LogP contribution in [-0.2, 0) is 6.54 Å². The molecule has 3 unspecified atom stereocenters. The van der Waals surface area contributed by atoms with Crippen LogP contribution in [-0.4, -0.2) is 11.0 Å². The van der Waals surface area contributed by atoms with Crippen molar-refractivity contribution >= 4 is 0 Å². The summed E-state index contributed by atoms with van der Waals surface area (Å²) in [5.74, 6) is 1.65. The molecule has 0 saturated heterocycles. The topological polar surface area (TPSA) is 24.9 Å². The summed E-state index contributed by atoms with van der Waals surface area (Å²) in [4.78, 5) is 4.34. The fraction of sp³-hybridized carbons (Fsp3) is 0.643. The van der Waals surface area contributed by atoms with Crippen LogP contribution < -0.4 is 5.32 Å². The van der Waals surface area contributed by atoms with E-state index in [-0.39, 0.29) is 0 Å². The number of nitrogens with zero attached hydrogens (tertiary/aromatic N) is 1. The maximum absolute atomic E-state index is 4.34. The third-order valence-electron chi connectivity index (χ3n) is 3.98. The van der Waals surface area contributed by atoms with Crippen LogP contribution in [0.3, 0.4) is 0 Å². The van der Waals surface area contributed by atoms with E-state index >= 15 is 0 Å². The third-order valence-corrected chi connectivity index (χ3v) is 3.98. The molecule has 1 aliphatic rings. The first-order chi connectivity index (χ1) is 7.77. The van der Waals surface area contributed by atoms with Gasteiger partial charge in [-0.1, -0.05) is 32.8 Å². The van der Waals surface area contributed by atoms with E-state index in [9.17, 15) is 0 Å². The number of rotatable bonds is 3. The molecule has 0 aromatic carbocycles. The van der Waals surface area contributed by atoms with Crippen molar-refractivity contribution < 1.29 is 0 Å². The summed E-state index contributed by atoms with van der Waals surface area (Å²) in [5, 5.41) is 3.66. The Bertz CT molecular complexity index is 310. The molecule has 0 spiro atoms. The fourth-order valence-electron chi connectivity index (χ4n) is 2.61. The molecule has 1 aromatic heterocycles. The lowest BCUT2D eigenvalue weighted by molar-refractivity contribution is 0.205. The van der Waals surface area contributed by atoms with Gasteiger partial charge in [0.05, 0.1) is 5.69 Å². The molecule has 1 fully saturated rings. The smallest absolute Gasteiger partial charge is 0.0541 e. The van der Waals surface area contributed by atoms with Crippen LogP contribution in [0.2, 0.25) is 0 Å². The van der Waals surface area contributed by atoms with Gasteiger partial charge < -0.3 is 5.32 Å². The predicted octanol–water partition coefficient (Wildman–Crippen LogP) is 3.00. The van der Waals surface area contributed by atoms with Crippen LogP contribution in [0.15, 0.2) is 24.4 Å². The van der Waals surface area contributed by atoms with Gasteiger partial charge in [-0.15, -0.1) is 0 Å². The van der Waals surface area contributed by atoms with E-state index in [4.69, 9.17) is 0 Å². The number of hydrogen-bond acceptors (Lipinski definition) is 2. The van der Waals surface area contributed by atoms with E-state index in [1.54, 1.807) is 0 Å². The fourth-order valence-corrected chi connectivity index (χ4v) is 2.61. The van der Waals surface area contributed by atoms with Gasteiger partial charge in [-0.3, -0.25) is 4.98 Å². The van der Waals surface area contributed by atoms with E-state index in [2.05, 4.69) is 36.3 Å². The molecule has 2 heteroatoms. The van der Waals surface area contributed by atoms with E-state index in [1.807, 2.05) is 12.3 Å². The highest BCUT2D eigenvalue weighted by Crippen LogP contribution is 2.29. The van der Waals surface area contributed by atoms with Crippen molar-refractivity contribution in [1.29, 1.82) is 0 Å². The van der Waals surface area contributed by atoms with E-state index in [0.717, 1.165) is 24.1 Å². The average Bonchev–Trinajstić information content (AvgIpc) is 2.32. The Kier molecular flexibility index (Phi) is 3.94. The van der Waals surface area contributed by atoms with Crippen LogP contribution in [0, 0.1) is 11.8 Å². The normalized spacial score (nSPS) is 30.2. The summed E-state index contributed by atoms with van der Waals surface area (Å²) >= 11 is 0. The second kappa shape index (κ2) is 5.44. The summed E-state index contributed by atoms with van der Waals surface area (Å²) in [6.07, 6.45) is 5.94. The second-order valence-corrected chi connectivity index (χ2v) is 5.08. The van der Waals surface area contributed by atoms with Crippen molar-refractivity contribution in [2.75, 3.05) is 0 Å². The first kappa shape index (κ1) is 11.6. The predicted molar refractivity (Wildman–Crippen MR) is 67.0 cm³/mol. The standard InChI is InChI=1S/C14H22N2/c1-11-6-5-8-14(12(11)2)16-10-13-7-3-4-9-15-13/h3-4,7,9,11-12,14,16H,5-6,8,10H2,1-2H3. The summed E-state index contributed by atoms with van der Waals surface area (Å²) in [5.41, 5.74) is 1.15. The molecular formula is C14H22N2. The lowest BCUT2D eigenvalue weighted by Crippen LogP contribution is -2.40. The Hall–Kier alpha value is -0.890. The van der Waals surface area contributed by atoms with E-state index in [0.29, 0.717) is 6.04 Å². The Morgan fingerprint density at radius 2 is 2.19 bits per heavy atom. The van der Waals surface area contributed by atoms with Crippen molar-refractivity contribution in [3.63, 3.8) is 0 Å². The molecule has 0 bridgehead atoms. The summed E-state index contributed by atoms with van der Waals surface area (Å²) < 4.78 is 0. The van der Waals surface area contributed by atoms with Crippen molar-refractivity contribution in [2.24, 2.45) is 11.8 Å². The first-order valence-electron chi connectivity index (χ1n) is 6.40. The summed E-state index contributed by atoms with van der Waals surface area (Å²) in [7, 11) is 0. The molecule has 1 aromatic rings. The van der Waals surface area contributed by atoms with Crippen LogP contribution in [0.25, 0.3) is 0 Å². The Labute approximate surface area is 98.5 Å². The minimum Gasteiger partial charge on any atom is -0.308 e. The van der Waals surface area contributed by atoms with Crippen LogP contribution >= 0.6 is 0 Å². The van der Waals surface area contributed by atoms with Gasteiger partial charge in [0.15, 0.2) is 0 Å². The highest BCUT2D eigenvalue weighted by molar-refractivity contribution is 5.03. The van der Waals surface area contributed by atoms with Crippen molar-refractivity contribution in [3.8, 4) is 0 Å². The van der Waals surface area contributed by atoms with Crippen molar-refractivity contribution in [2.45, 2.75) is 45.7 Å². The van der Waals surface area contributed by atoms with Gasteiger partial charge in [-0.25, -0.2) is 0 Å². The molecule has 1 N–H and O–H groups in total. The van der Waals surface area contributed by atoms with Gasteiger partial charge >= 0.3 is 0 Å². The first-order valence-corrected chi connectivity index (χ1v) is 6.40. The maximum atomic E-state index is 4.34. The van der Waals surface area contributed by atoms with Crippen molar-refractivity contribution in [3.05, 3.63) is 30.1 Å². The molecule has 2 nitrogen and oxygen atoms in total. The number of aromatic nitrogens is 1. The molecule has 0 aliphatic heterocycles. The Morgan fingerprint density at radius 3 is 2.94 bits per heavy atom. The minimum atomic E-state index is 0.672. The highest BCUT2D eigenvalue weighted by Gasteiger charge is 2.26. The van der Waals surface area contributed by atoms with Crippen molar-refractivity contribution in [1.82, 2.24) is 10.3 Å². The molecular weight excluding hydrogens is 196 g/mol. The minimum absolute atomic E-state index is 0.672. The Balaban J connectivity index is 1.85. The molecule has 2 rings (SSSR count). The molecule has 1 saturated carbocycles.